The van der Waals surface area contributed by atoms with Crippen molar-refractivity contribution in [2.75, 3.05) is 0 Å². The maximum absolute atomic E-state index is 13.9. The van der Waals surface area contributed by atoms with E-state index in [4.69, 9.17) is 14.9 Å². The molecule has 3 rings (SSSR count). The number of carbonyl (C=O) groups is 1. The van der Waals surface area contributed by atoms with E-state index >= 15 is 0 Å². The molecule has 0 aliphatic heterocycles. The van der Waals surface area contributed by atoms with Crippen molar-refractivity contribution >= 4 is 29.5 Å². The highest BCUT2D eigenvalue weighted by Gasteiger charge is 2.51. The summed E-state index contributed by atoms with van der Waals surface area (Å²) in [5.74, 6) is -1.05. The Labute approximate surface area is 182 Å². The SMILES string of the molecule is O=C(O)c1ccc(Cn2ccn(Cc3ccc(C(F)(F)P(=O)(O)O)c(Br)c3)c2=O)cc1. The smallest absolute Gasteiger partial charge is 0.399 e. The van der Waals surface area contributed by atoms with E-state index in [-0.39, 0.29) is 28.8 Å². The molecule has 164 valence electrons. The van der Waals surface area contributed by atoms with Gasteiger partial charge >= 0.3 is 24.9 Å². The summed E-state index contributed by atoms with van der Waals surface area (Å²) in [6, 6.07) is 9.52. The average Bonchev–Trinajstić information content (AvgIpc) is 3.01. The lowest BCUT2D eigenvalue weighted by Gasteiger charge is -2.19. The maximum atomic E-state index is 13.9. The summed E-state index contributed by atoms with van der Waals surface area (Å²) in [4.78, 5) is 41.3. The van der Waals surface area contributed by atoms with E-state index in [0.717, 1.165) is 11.6 Å². The molecule has 0 aliphatic carbocycles. The lowest BCUT2D eigenvalue weighted by Crippen LogP contribution is -2.25. The number of aromatic carboxylic acids is 1. The molecular formula is C19H16BrF2N2O6P. The second-order valence-electron chi connectivity index (χ2n) is 6.74. The quantitative estimate of drug-likeness (QED) is 0.413. The van der Waals surface area contributed by atoms with Crippen molar-refractivity contribution in [1.82, 2.24) is 9.13 Å². The summed E-state index contributed by atoms with van der Waals surface area (Å²) >= 11 is 2.91. The number of hydrogen-bond donors (Lipinski definition) is 3. The predicted octanol–water partition coefficient (Wildman–Crippen LogP) is 3.43. The molecule has 0 spiro atoms. The first kappa shape index (κ1) is 23.1. The monoisotopic (exact) mass is 516 g/mol. The highest BCUT2D eigenvalue weighted by molar-refractivity contribution is 9.10. The van der Waals surface area contributed by atoms with Gasteiger partial charge in [0.05, 0.1) is 18.7 Å². The Kier molecular flexibility index (Phi) is 6.33. The molecule has 3 aromatic rings. The van der Waals surface area contributed by atoms with Crippen molar-refractivity contribution in [2.45, 2.75) is 18.8 Å². The molecule has 0 saturated carbocycles. The van der Waals surface area contributed by atoms with Crippen LogP contribution < -0.4 is 5.69 Å². The molecule has 31 heavy (non-hydrogen) atoms. The van der Waals surface area contributed by atoms with E-state index < -0.39 is 24.8 Å². The Balaban J connectivity index is 1.79. The normalized spacial score (nSPS) is 12.2. The summed E-state index contributed by atoms with van der Waals surface area (Å²) < 4.78 is 41.5. The van der Waals surface area contributed by atoms with Crippen LogP contribution in [0.3, 0.4) is 0 Å². The lowest BCUT2D eigenvalue weighted by molar-refractivity contribution is 0.0557. The molecule has 0 atom stereocenters. The van der Waals surface area contributed by atoms with Crippen LogP contribution in [0.4, 0.5) is 8.78 Å². The number of aromatic nitrogens is 2. The Morgan fingerprint density at radius 1 is 1.00 bits per heavy atom. The third kappa shape index (κ3) is 4.85. The van der Waals surface area contributed by atoms with Crippen LogP contribution in [0.2, 0.25) is 0 Å². The van der Waals surface area contributed by atoms with Gasteiger partial charge in [-0.1, -0.05) is 40.2 Å². The summed E-state index contributed by atoms with van der Waals surface area (Å²) in [6.45, 7) is 0.257. The Morgan fingerprint density at radius 3 is 2.00 bits per heavy atom. The molecule has 0 radical (unpaired) electrons. The van der Waals surface area contributed by atoms with Gasteiger partial charge in [0.15, 0.2) is 0 Å². The Hall–Kier alpha value is -2.59. The number of hydrogen-bond acceptors (Lipinski definition) is 3. The number of carboxylic acids is 1. The molecule has 2 aromatic carbocycles. The molecule has 0 unspecified atom stereocenters. The van der Waals surface area contributed by atoms with E-state index in [0.29, 0.717) is 5.56 Å². The topological polar surface area (TPSA) is 122 Å². The molecule has 0 amide bonds. The molecule has 12 heteroatoms. The number of alkyl halides is 2. The van der Waals surface area contributed by atoms with Gasteiger partial charge in [-0.2, -0.15) is 8.78 Å². The number of nitrogens with zero attached hydrogens (tertiary/aromatic N) is 2. The molecule has 0 saturated heterocycles. The summed E-state index contributed by atoms with van der Waals surface area (Å²) in [6.07, 6.45) is 3.05. The minimum atomic E-state index is -5.70. The number of carboxylic acid groups (broad SMARTS) is 1. The zero-order chi connectivity index (χ0) is 23.0. The van der Waals surface area contributed by atoms with Crippen molar-refractivity contribution in [2.24, 2.45) is 0 Å². The molecule has 0 aliphatic rings. The summed E-state index contributed by atoms with van der Waals surface area (Å²) in [5.41, 5.74) is -4.26. The lowest BCUT2D eigenvalue weighted by atomic mass is 10.1. The predicted molar refractivity (Wildman–Crippen MR) is 110 cm³/mol. The van der Waals surface area contributed by atoms with Crippen molar-refractivity contribution in [3.8, 4) is 0 Å². The van der Waals surface area contributed by atoms with E-state index in [9.17, 15) is 22.9 Å². The fourth-order valence-electron chi connectivity index (χ4n) is 2.90. The zero-order valence-electron chi connectivity index (χ0n) is 15.7. The average molecular weight is 517 g/mol. The van der Waals surface area contributed by atoms with Crippen LogP contribution in [0, 0.1) is 0 Å². The fraction of sp³-hybridized carbons (Fsp3) is 0.158. The Bertz CT molecular complexity index is 1230. The molecule has 8 nitrogen and oxygen atoms in total. The van der Waals surface area contributed by atoms with Crippen LogP contribution in [0.25, 0.3) is 0 Å². The minimum absolute atomic E-state index is 0.0458. The summed E-state index contributed by atoms with van der Waals surface area (Å²) in [7, 11) is -5.70. The van der Waals surface area contributed by atoms with Crippen LogP contribution in [-0.2, 0) is 23.3 Å². The summed E-state index contributed by atoms with van der Waals surface area (Å²) in [5, 5.41) is 8.93. The van der Waals surface area contributed by atoms with Crippen molar-refractivity contribution in [3.05, 3.63) is 92.1 Å². The number of imidazole rings is 1. The van der Waals surface area contributed by atoms with E-state index in [2.05, 4.69) is 15.9 Å². The standard InChI is InChI=1S/C19H16BrF2N2O6P/c20-16-9-13(3-6-15(16)19(21,22)31(28,29)30)11-24-8-7-23(18(24)27)10-12-1-4-14(5-2-12)17(25)26/h1-9H,10-11H2,(H,25,26)(H2,28,29,30). The Morgan fingerprint density at radius 2 is 1.52 bits per heavy atom. The van der Waals surface area contributed by atoms with Gasteiger partial charge in [0.2, 0.25) is 0 Å². The zero-order valence-corrected chi connectivity index (χ0v) is 18.1. The maximum Gasteiger partial charge on any atom is 0.399 e. The first-order valence-electron chi connectivity index (χ1n) is 8.70. The van der Waals surface area contributed by atoms with Gasteiger partial charge in [-0.15, -0.1) is 0 Å². The van der Waals surface area contributed by atoms with Crippen LogP contribution in [0.5, 0.6) is 0 Å². The molecule has 1 heterocycles. The van der Waals surface area contributed by atoms with Gasteiger partial charge in [-0.05, 0) is 29.3 Å². The number of benzene rings is 2. The number of halogens is 3. The van der Waals surface area contributed by atoms with Crippen LogP contribution in [0.1, 0.15) is 27.0 Å². The largest absolute Gasteiger partial charge is 0.478 e. The third-order valence-electron chi connectivity index (χ3n) is 4.55. The van der Waals surface area contributed by atoms with Crippen LogP contribution in [0.15, 0.2) is 64.1 Å². The first-order valence-corrected chi connectivity index (χ1v) is 11.1. The van der Waals surface area contributed by atoms with Crippen molar-refractivity contribution in [1.29, 1.82) is 0 Å². The van der Waals surface area contributed by atoms with Gasteiger partial charge in [-0.25, -0.2) is 9.59 Å². The van der Waals surface area contributed by atoms with Crippen molar-refractivity contribution in [3.63, 3.8) is 0 Å². The van der Waals surface area contributed by atoms with Gasteiger partial charge in [0.25, 0.3) is 0 Å². The molecule has 0 bridgehead atoms. The molecule has 0 fully saturated rings. The molecule has 3 N–H and O–H groups in total. The van der Waals surface area contributed by atoms with Gasteiger partial charge in [-0.3, -0.25) is 13.7 Å². The fourth-order valence-corrected chi connectivity index (χ4v) is 4.24. The third-order valence-corrected chi connectivity index (χ3v) is 6.18. The van der Waals surface area contributed by atoms with Crippen LogP contribution >= 0.6 is 23.5 Å². The second-order valence-corrected chi connectivity index (χ2v) is 9.24. The second kappa shape index (κ2) is 8.51. The van der Waals surface area contributed by atoms with Gasteiger partial charge < -0.3 is 14.9 Å². The van der Waals surface area contributed by atoms with E-state index in [1.165, 1.54) is 39.6 Å². The van der Waals surface area contributed by atoms with E-state index in [1.54, 1.807) is 18.3 Å². The van der Waals surface area contributed by atoms with Gasteiger partial charge in [0, 0.05) is 22.4 Å². The van der Waals surface area contributed by atoms with Gasteiger partial charge in [0.1, 0.15) is 0 Å². The molecule has 1 aromatic heterocycles. The first-order chi connectivity index (χ1) is 14.4. The van der Waals surface area contributed by atoms with Crippen LogP contribution in [-0.4, -0.2) is 30.0 Å². The molecular weight excluding hydrogens is 501 g/mol. The number of rotatable bonds is 7. The van der Waals surface area contributed by atoms with E-state index in [1.807, 2.05) is 0 Å². The van der Waals surface area contributed by atoms with Crippen molar-refractivity contribution < 1.29 is 33.0 Å². The highest BCUT2D eigenvalue weighted by atomic mass is 79.9. The highest BCUT2D eigenvalue weighted by Crippen LogP contribution is 2.60. The minimum Gasteiger partial charge on any atom is -0.478 e.